The molecule has 0 aromatic heterocycles. The largest absolute Gasteiger partial charge is 0.317 e. The molecule has 2 unspecified atom stereocenters. The summed E-state index contributed by atoms with van der Waals surface area (Å²) in [5.41, 5.74) is 0. The monoisotopic (exact) mass is 209 g/mol. The van der Waals surface area contributed by atoms with Gasteiger partial charge in [0.25, 0.3) is 0 Å². The lowest BCUT2D eigenvalue weighted by atomic mass is 9.97. The summed E-state index contributed by atoms with van der Waals surface area (Å²) < 4.78 is 0. The summed E-state index contributed by atoms with van der Waals surface area (Å²) in [6.07, 6.45) is 4.22. The molecule has 3 nitrogen and oxygen atoms in total. The molecular formula is C12H23N3. The second-order valence-electron chi connectivity index (χ2n) is 5.63. The number of likely N-dealkylation sites (N-methyl/N-ethyl adjacent to an activating group) is 1. The van der Waals surface area contributed by atoms with E-state index in [2.05, 4.69) is 22.2 Å². The number of fused-ring (bicyclic) bond motifs is 2. The fourth-order valence-electron chi connectivity index (χ4n) is 3.57. The molecule has 0 radical (unpaired) electrons. The smallest absolute Gasteiger partial charge is 0.0239 e. The number of hydrogen-bond acceptors (Lipinski definition) is 3. The SMILES string of the molecule is CN1CC2CC1CN2CC1CCNCC1. The lowest BCUT2D eigenvalue weighted by Gasteiger charge is -2.35. The molecule has 3 heteroatoms. The highest BCUT2D eigenvalue weighted by atomic mass is 15.3. The van der Waals surface area contributed by atoms with Gasteiger partial charge >= 0.3 is 0 Å². The van der Waals surface area contributed by atoms with Gasteiger partial charge in [-0.2, -0.15) is 0 Å². The van der Waals surface area contributed by atoms with Crippen molar-refractivity contribution in [2.75, 3.05) is 39.8 Å². The maximum atomic E-state index is 3.45. The third-order valence-electron chi connectivity index (χ3n) is 4.58. The lowest BCUT2D eigenvalue weighted by Crippen LogP contribution is -2.47. The van der Waals surface area contributed by atoms with E-state index in [0.717, 1.165) is 18.0 Å². The number of nitrogens with one attached hydrogen (secondary N) is 1. The van der Waals surface area contributed by atoms with Crippen molar-refractivity contribution in [2.45, 2.75) is 31.3 Å². The molecule has 2 atom stereocenters. The second-order valence-corrected chi connectivity index (χ2v) is 5.63. The van der Waals surface area contributed by atoms with Crippen molar-refractivity contribution in [3.63, 3.8) is 0 Å². The molecule has 0 saturated carbocycles. The summed E-state index contributed by atoms with van der Waals surface area (Å²) in [7, 11) is 2.28. The number of piperidine rings is 1. The van der Waals surface area contributed by atoms with Crippen LogP contribution in [0.4, 0.5) is 0 Å². The van der Waals surface area contributed by atoms with Crippen LogP contribution in [0.5, 0.6) is 0 Å². The molecule has 0 aliphatic carbocycles. The van der Waals surface area contributed by atoms with Gasteiger partial charge in [0.05, 0.1) is 0 Å². The van der Waals surface area contributed by atoms with E-state index < -0.39 is 0 Å². The minimum atomic E-state index is 0.872. The average molecular weight is 209 g/mol. The molecule has 0 amide bonds. The topological polar surface area (TPSA) is 18.5 Å². The van der Waals surface area contributed by atoms with Crippen LogP contribution in [-0.2, 0) is 0 Å². The Hall–Kier alpha value is -0.120. The Morgan fingerprint density at radius 1 is 1.13 bits per heavy atom. The molecule has 3 heterocycles. The standard InChI is InChI=1S/C12H23N3/c1-14-8-12-6-11(14)9-15(12)7-10-2-4-13-5-3-10/h10-13H,2-9H2,1H3. The molecule has 86 valence electrons. The molecule has 0 spiro atoms. The van der Waals surface area contributed by atoms with Gasteiger partial charge in [-0.15, -0.1) is 0 Å². The third kappa shape index (κ3) is 1.93. The fraction of sp³-hybridized carbons (Fsp3) is 1.00. The molecule has 3 rings (SSSR count). The summed E-state index contributed by atoms with van der Waals surface area (Å²) in [5.74, 6) is 0.968. The number of likely N-dealkylation sites (tertiary alicyclic amines) is 2. The normalized spacial score (nSPS) is 39.0. The van der Waals surface area contributed by atoms with Crippen LogP contribution in [0.1, 0.15) is 19.3 Å². The summed E-state index contributed by atoms with van der Waals surface area (Å²) in [6.45, 7) is 6.51. The van der Waals surface area contributed by atoms with Crippen molar-refractivity contribution in [3.8, 4) is 0 Å². The zero-order valence-electron chi connectivity index (χ0n) is 9.78. The van der Waals surface area contributed by atoms with E-state index in [1.165, 1.54) is 52.0 Å². The van der Waals surface area contributed by atoms with E-state index in [0.29, 0.717) is 0 Å². The van der Waals surface area contributed by atoms with Crippen LogP contribution in [0.3, 0.4) is 0 Å². The average Bonchev–Trinajstić information content (AvgIpc) is 2.78. The first-order valence-electron chi connectivity index (χ1n) is 6.48. The summed E-state index contributed by atoms with van der Waals surface area (Å²) in [6, 6.07) is 1.76. The third-order valence-corrected chi connectivity index (χ3v) is 4.58. The van der Waals surface area contributed by atoms with Crippen LogP contribution in [0.2, 0.25) is 0 Å². The molecule has 0 aromatic rings. The van der Waals surface area contributed by atoms with Crippen molar-refractivity contribution in [1.82, 2.24) is 15.1 Å². The van der Waals surface area contributed by atoms with Gasteiger partial charge in [-0.3, -0.25) is 4.90 Å². The van der Waals surface area contributed by atoms with E-state index in [1.807, 2.05) is 0 Å². The van der Waals surface area contributed by atoms with Crippen LogP contribution in [0, 0.1) is 5.92 Å². The Balaban J connectivity index is 1.52. The first-order valence-corrected chi connectivity index (χ1v) is 6.48. The maximum absolute atomic E-state index is 3.45. The molecular weight excluding hydrogens is 186 g/mol. The van der Waals surface area contributed by atoms with E-state index >= 15 is 0 Å². The van der Waals surface area contributed by atoms with Gasteiger partial charge in [0.15, 0.2) is 0 Å². The number of nitrogens with zero attached hydrogens (tertiary/aromatic N) is 2. The van der Waals surface area contributed by atoms with Gasteiger partial charge in [0.1, 0.15) is 0 Å². The second kappa shape index (κ2) is 4.04. The van der Waals surface area contributed by atoms with E-state index in [1.54, 1.807) is 0 Å². The van der Waals surface area contributed by atoms with Gasteiger partial charge in [-0.1, -0.05) is 0 Å². The van der Waals surface area contributed by atoms with E-state index in [-0.39, 0.29) is 0 Å². The Bertz CT molecular complexity index is 223. The Morgan fingerprint density at radius 2 is 1.93 bits per heavy atom. The van der Waals surface area contributed by atoms with Gasteiger partial charge in [0, 0.05) is 31.7 Å². The molecule has 3 aliphatic rings. The maximum Gasteiger partial charge on any atom is 0.0239 e. The first-order chi connectivity index (χ1) is 7.33. The molecule has 3 aliphatic heterocycles. The van der Waals surface area contributed by atoms with Gasteiger partial charge in [-0.05, 0) is 45.3 Å². The first kappa shape index (κ1) is 10.1. The molecule has 3 saturated heterocycles. The summed E-state index contributed by atoms with van der Waals surface area (Å²) in [4.78, 5) is 5.31. The van der Waals surface area contributed by atoms with Crippen molar-refractivity contribution in [3.05, 3.63) is 0 Å². The van der Waals surface area contributed by atoms with Crippen LogP contribution in [0.25, 0.3) is 0 Å². The van der Waals surface area contributed by atoms with Crippen molar-refractivity contribution >= 4 is 0 Å². The molecule has 1 N–H and O–H groups in total. The van der Waals surface area contributed by atoms with Crippen molar-refractivity contribution in [1.29, 1.82) is 0 Å². The molecule has 15 heavy (non-hydrogen) atoms. The minimum absolute atomic E-state index is 0.872. The predicted octanol–water partition coefficient (Wildman–Crippen LogP) is 0.374. The van der Waals surface area contributed by atoms with Gasteiger partial charge in [-0.25, -0.2) is 0 Å². The predicted molar refractivity (Wildman–Crippen MR) is 62.0 cm³/mol. The van der Waals surface area contributed by atoms with E-state index in [4.69, 9.17) is 0 Å². The van der Waals surface area contributed by atoms with Crippen LogP contribution < -0.4 is 5.32 Å². The zero-order valence-corrected chi connectivity index (χ0v) is 9.78. The van der Waals surface area contributed by atoms with Gasteiger partial charge < -0.3 is 10.2 Å². The highest BCUT2D eigenvalue weighted by Gasteiger charge is 2.41. The fourth-order valence-corrected chi connectivity index (χ4v) is 3.57. The van der Waals surface area contributed by atoms with Crippen molar-refractivity contribution < 1.29 is 0 Å². The Kier molecular flexibility index (Phi) is 2.71. The number of rotatable bonds is 2. The molecule has 0 aromatic carbocycles. The van der Waals surface area contributed by atoms with Crippen LogP contribution in [0.15, 0.2) is 0 Å². The summed E-state index contributed by atoms with van der Waals surface area (Å²) >= 11 is 0. The quantitative estimate of drug-likeness (QED) is 0.709. The van der Waals surface area contributed by atoms with Gasteiger partial charge in [0.2, 0.25) is 0 Å². The Labute approximate surface area is 92.8 Å². The molecule has 3 fully saturated rings. The number of piperazine rings is 1. The molecule has 2 bridgehead atoms. The van der Waals surface area contributed by atoms with Crippen LogP contribution >= 0.6 is 0 Å². The lowest BCUT2D eigenvalue weighted by molar-refractivity contribution is 0.123. The number of hydrogen-bond donors (Lipinski definition) is 1. The highest BCUT2D eigenvalue weighted by Crippen LogP contribution is 2.30. The van der Waals surface area contributed by atoms with Crippen LogP contribution in [-0.4, -0.2) is 61.7 Å². The van der Waals surface area contributed by atoms with E-state index in [9.17, 15) is 0 Å². The highest BCUT2D eigenvalue weighted by molar-refractivity contribution is 4.98. The zero-order chi connectivity index (χ0) is 10.3. The van der Waals surface area contributed by atoms with Crippen molar-refractivity contribution in [2.24, 2.45) is 5.92 Å². The summed E-state index contributed by atoms with van der Waals surface area (Å²) in [5, 5.41) is 3.45. The Morgan fingerprint density at radius 3 is 2.53 bits per heavy atom. The minimum Gasteiger partial charge on any atom is -0.317 e.